The molecule has 0 spiro atoms. The zero-order valence-corrected chi connectivity index (χ0v) is 8.04. The first-order valence-electron chi connectivity index (χ1n) is 3.80. The Hall–Kier alpha value is -1.69. The summed E-state index contributed by atoms with van der Waals surface area (Å²) < 4.78 is 4.87. The van der Waals surface area contributed by atoms with Crippen molar-refractivity contribution in [3.05, 3.63) is 22.8 Å². The van der Waals surface area contributed by atoms with E-state index < -0.39 is 5.97 Å². The molecule has 0 amide bonds. The third-order valence-corrected chi connectivity index (χ3v) is 2.80. The number of nitrogens with zero attached hydrogens (tertiary/aromatic N) is 2. The van der Waals surface area contributed by atoms with Crippen LogP contribution in [0.25, 0.3) is 10.8 Å². The Morgan fingerprint density at radius 2 is 2.43 bits per heavy atom. The van der Waals surface area contributed by atoms with E-state index >= 15 is 0 Å². The molecular weight excluding hydrogens is 204 g/mol. The lowest BCUT2D eigenvalue weighted by molar-refractivity contribution is 0.0701. The summed E-state index contributed by atoms with van der Waals surface area (Å²) in [6.07, 6.45) is 1.49. The first-order chi connectivity index (χ1) is 6.68. The zero-order chi connectivity index (χ0) is 10.1. The number of rotatable bonds is 2. The second-order valence-electron chi connectivity index (χ2n) is 2.62. The molecule has 0 aliphatic rings. The van der Waals surface area contributed by atoms with Crippen LogP contribution in [-0.4, -0.2) is 21.2 Å². The first kappa shape index (κ1) is 8.89. The molecule has 0 aromatic carbocycles. The molecule has 72 valence electrons. The van der Waals surface area contributed by atoms with Crippen LogP contribution in [0.4, 0.5) is 0 Å². The first-order valence-corrected chi connectivity index (χ1v) is 4.62. The Morgan fingerprint density at radius 3 is 2.93 bits per heavy atom. The molecule has 6 heteroatoms. The topological polar surface area (TPSA) is 76.2 Å². The molecule has 14 heavy (non-hydrogen) atoms. The smallest absolute Gasteiger partial charge is 0.347 e. The van der Waals surface area contributed by atoms with Crippen molar-refractivity contribution in [2.75, 3.05) is 0 Å². The second-order valence-corrected chi connectivity index (χ2v) is 3.61. The number of hydrogen-bond donors (Lipinski definition) is 1. The van der Waals surface area contributed by atoms with Gasteiger partial charge in [0.25, 0.3) is 0 Å². The summed E-state index contributed by atoms with van der Waals surface area (Å²) in [5.41, 5.74) is 0.494. The molecule has 1 N–H and O–H groups in total. The van der Waals surface area contributed by atoms with Crippen LogP contribution in [0.2, 0.25) is 0 Å². The van der Waals surface area contributed by atoms with Gasteiger partial charge in [-0.2, -0.15) is 0 Å². The second kappa shape index (κ2) is 3.22. The number of hydrogen-bond acceptors (Lipinski definition) is 5. The Kier molecular flexibility index (Phi) is 2.05. The molecule has 0 fully saturated rings. The third-order valence-electron chi connectivity index (χ3n) is 1.64. The van der Waals surface area contributed by atoms with Crippen LogP contribution in [0.5, 0.6) is 0 Å². The van der Waals surface area contributed by atoms with Crippen LogP contribution in [0.3, 0.4) is 0 Å². The van der Waals surface area contributed by atoms with Gasteiger partial charge in [-0.05, 0) is 6.92 Å². The molecule has 0 aliphatic carbocycles. The fourth-order valence-corrected chi connectivity index (χ4v) is 1.89. The highest BCUT2D eigenvalue weighted by molar-refractivity contribution is 7.16. The van der Waals surface area contributed by atoms with Gasteiger partial charge in [0.1, 0.15) is 4.88 Å². The number of carboxylic acid groups (broad SMARTS) is 1. The van der Waals surface area contributed by atoms with Crippen molar-refractivity contribution in [3.8, 4) is 10.8 Å². The van der Waals surface area contributed by atoms with Gasteiger partial charge in [0, 0.05) is 6.07 Å². The van der Waals surface area contributed by atoms with E-state index in [1.165, 1.54) is 6.20 Å². The number of carbonyl (C=O) groups is 1. The predicted octanol–water partition coefficient (Wildman–Crippen LogP) is 1.80. The minimum Gasteiger partial charge on any atom is -0.477 e. The van der Waals surface area contributed by atoms with Crippen LogP contribution in [0, 0.1) is 6.92 Å². The summed E-state index contributed by atoms with van der Waals surface area (Å²) in [7, 11) is 0. The van der Waals surface area contributed by atoms with Crippen LogP contribution in [-0.2, 0) is 0 Å². The number of aromatic nitrogens is 2. The van der Waals surface area contributed by atoms with Crippen LogP contribution in [0.1, 0.15) is 15.4 Å². The molecule has 0 atom stereocenters. The van der Waals surface area contributed by atoms with Gasteiger partial charge >= 0.3 is 5.97 Å². The standard InChI is InChI=1S/C8H6N2O3S/c1-4-6(8(11)12)14-7(10-4)5-2-3-9-13-5/h2-3H,1H3,(H,11,12). The van der Waals surface area contributed by atoms with Gasteiger partial charge in [0.05, 0.1) is 11.9 Å². The van der Waals surface area contributed by atoms with Crippen molar-refractivity contribution in [2.45, 2.75) is 6.92 Å². The van der Waals surface area contributed by atoms with Gasteiger partial charge in [-0.3, -0.25) is 0 Å². The van der Waals surface area contributed by atoms with Crippen LogP contribution in [0.15, 0.2) is 16.8 Å². The lowest BCUT2D eigenvalue weighted by Crippen LogP contribution is -1.94. The Bertz CT molecular complexity index is 461. The molecule has 0 saturated carbocycles. The molecule has 0 saturated heterocycles. The number of aryl methyl sites for hydroxylation is 1. The monoisotopic (exact) mass is 210 g/mol. The van der Waals surface area contributed by atoms with Crippen LogP contribution >= 0.6 is 11.3 Å². The lowest BCUT2D eigenvalue weighted by atomic mass is 10.4. The third kappa shape index (κ3) is 1.39. The van der Waals surface area contributed by atoms with E-state index in [0.29, 0.717) is 16.5 Å². The van der Waals surface area contributed by atoms with Gasteiger partial charge in [0.15, 0.2) is 10.8 Å². The van der Waals surface area contributed by atoms with E-state index in [4.69, 9.17) is 9.63 Å². The van der Waals surface area contributed by atoms with Gasteiger partial charge in [0.2, 0.25) is 0 Å². The van der Waals surface area contributed by atoms with Gasteiger partial charge < -0.3 is 9.63 Å². The molecular formula is C8H6N2O3S. The SMILES string of the molecule is Cc1nc(-c2ccno2)sc1C(=O)O. The maximum absolute atomic E-state index is 10.7. The summed E-state index contributed by atoms with van der Waals surface area (Å²) in [5.74, 6) is -0.476. The molecule has 2 aromatic heterocycles. The maximum Gasteiger partial charge on any atom is 0.347 e. The molecule has 0 bridgehead atoms. The molecule has 0 aliphatic heterocycles. The van der Waals surface area contributed by atoms with Crippen molar-refractivity contribution < 1.29 is 14.4 Å². The Morgan fingerprint density at radius 1 is 1.64 bits per heavy atom. The van der Waals surface area contributed by atoms with Gasteiger partial charge in [-0.1, -0.05) is 5.16 Å². The van der Waals surface area contributed by atoms with E-state index in [9.17, 15) is 4.79 Å². The highest BCUT2D eigenvalue weighted by Gasteiger charge is 2.16. The summed E-state index contributed by atoms with van der Waals surface area (Å²) in [6.45, 7) is 1.65. The van der Waals surface area contributed by atoms with Crippen molar-refractivity contribution in [1.29, 1.82) is 0 Å². The number of carboxylic acids is 1. The van der Waals surface area contributed by atoms with Crippen molar-refractivity contribution in [1.82, 2.24) is 10.1 Å². The molecule has 0 unspecified atom stereocenters. The summed E-state index contributed by atoms with van der Waals surface area (Å²) in [5, 5.41) is 12.9. The predicted molar refractivity (Wildman–Crippen MR) is 49.3 cm³/mol. The zero-order valence-electron chi connectivity index (χ0n) is 7.22. The molecule has 2 heterocycles. The van der Waals surface area contributed by atoms with Crippen molar-refractivity contribution >= 4 is 17.3 Å². The van der Waals surface area contributed by atoms with Crippen LogP contribution < -0.4 is 0 Å². The summed E-state index contributed by atoms with van der Waals surface area (Å²) in [6, 6.07) is 1.64. The molecule has 2 rings (SSSR count). The minimum atomic E-state index is -0.967. The average molecular weight is 210 g/mol. The maximum atomic E-state index is 10.7. The van der Waals surface area contributed by atoms with Crippen molar-refractivity contribution in [3.63, 3.8) is 0 Å². The minimum absolute atomic E-state index is 0.233. The van der Waals surface area contributed by atoms with E-state index in [-0.39, 0.29) is 4.88 Å². The molecule has 0 radical (unpaired) electrons. The van der Waals surface area contributed by atoms with Crippen molar-refractivity contribution in [2.24, 2.45) is 0 Å². The van der Waals surface area contributed by atoms with Gasteiger partial charge in [-0.15, -0.1) is 11.3 Å². The van der Waals surface area contributed by atoms with E-state index in [1.54, 1.807) is 13.0 Å². The Labute approximate surface area is 83.0 Å². The fourth-order valence-electron chi connectivity index (χ4n) is 1.03. The average Bonchev–Trinajstić information content (AvgIpc) is 2.70. The van der Waals surface area contributed by atoms with E-state index in [2.05, 4.69) is 10.1 Å². The fraction of sp³-hybridized carbons (Fsp3) is 0.125. The lowest BCUT2D eigenvalue weighted by Gasteiger charge is -1.84. The normalized spacial score (nSPS) is 10.4. The quantitative estimate of drug-likeness (QED) is 0.817. The highest BCUT2D eigenvalue weighted by Crippen LogP contribution is 2.27. The van der Waals surface area contributed by atoms with E-state index in [1.807, 2.05) is 0 Å². The largest absolute Gasteiger partial charge is 0.477 e. The molecule has 5 nitrogen and oxygen atoms in total. The van der Waals surface area contributed by atoms with Gasteiger partial charge in [-0.25, -0.2) is 9.78 Å². The summed E-state index contributed by atoms with van der Waals surface area (Å²) in [4.78, 5) is 15.0. The summed E-state index contributed by atoms with van der Waals surface area (Å²) >= 11 is 1.08. The highest BCUT2D eigenvalue weighted by atomic mass is 32.1. The van der Waals surface area contributed by atoms with E-state index in [0.717, 1.165) is 11.3 Å². The number of thiazole rings is 1. The Balaban J connectivity index is 2.48. The molecule has 2 aromatic rings. The number of aromatic carboxylic acids is 1.